The van der Waals surface area contributed by atoms with E-state index in [4.69, 9.17) is 9.15 Å². The molecule has 0 fully saturated rings. The minimum absolute atomic E-state index is 0.216. The Bertz CT molecular complexity index is 1230. The van der Waals surface area contributed by atoms with E-state index in [1.54, 1.807) is 48.5 Å². The van der Waals surface area contributed by atoms with E-state index in [0.29, 0.717) is 28.7 Å². The molecule has 0 atom stereocenters. The number of carbonyl (C=O) groups excluding carboxylic acids is 1. The lowest BCUT2D eigenvalue weighted by atomic mass is 9.97. The number of fused-ring (bicyclic) bond motifs is 1. The molecule has 0 bridgehead atoms. The third-order valence-corrected chi connectivity index (χ3v) is 5.84. The molecule has 3 aromatic carbocycles. The highest BCUT2D eigenvalue weighted by atomic mass is 19.1. The number of ether oxygens (including phenoxy) is 1. The van der Waals surface area contributed by atoms with Crippen LogP contribution < -0.4 is 4.74 Å². The highest BCUT2D eigenvalue weighted by Gasteiger charge is 2.24. The predicted molar refractivity (Wildman–Crippen MR) is 129 cm³/mol. The van der Waals surface area contributed by atoms with E-state index in [9.17, 15) is 9.18 Å². The number of furan rings is 1. The predicted octanol–water partition coefficient (Wildman–Crippen LogP) is 6.58. The first-order chi connectivity index (χ1) is 16.1. The minimum Gasteiger partial charge on any atom is -0.494 e. The van der Waals surface area contributed by atoms with Crippen molar-refractivity contribution in [3.63, 3.8) is 0 Å². The van der Waals surface area contributed by atoms with Gasteiger partial charge in [-0.3, -0.25) is 4.79 Å². The molecular formula is C28H28FNO3. The Labute approximate surface area is 193 Å². The van der Waals surface area contributed by atoms with Gasteiger partial charge in [0.15, 0.2) is 5.78 Å². The van der Waals surface area contributed by atoms with E-state index >= 15 is 0 Å². The first-order valence-electron chi connectivity index (χ1n) is 11.4. The van der Waals surface area contributed by atoms with Crippen LogP contribution in [0.15, 0.2) is 77.2 Å². The van der Waals surface area contributed by atoms with E-state index in [0.717, 1.165) is 31.8 Å². The van der Waals surface area contributed by atoms with Crippen LogP contribution in [0.3, 0.4) is 0 Å². The molecule has 0 radical (unpaired) electrons. The maximum absolute atomic E-state index is 14.6. The van der Waals surface area contributed by atoms with Gasteiger partial charge in [-0.1, -0.05) is 44.2 Å². The van der Waals surface area contributed by atoms with Gasteiger partial charge in [0.2, 0.25) is 0 Å². The van der Waals surface area contributed by atoms with Gasteiger partial charge in [-0.25, -0.2) is 4.39 Å². The number of benzene rings is 3. The largest absolute Gasteiger partial charge is 0.494 e. The summed E-state index contributed by atoms with van der Waals surface area (Å²) in [6, 6.07) is 20.7. The molecule has 5 heteroatoms. The van der Waals surface area contributed by atoms with Crippen LogP contribution in [0.2, 0.25) is 0 Å². The van der Waals surface area contributed by atoms with Crippen LogP contribution >= 0.6 is 0 Å². The van der Waals surface area contributed by atoms with Crippen molar-refractivity contribution in [1.29, 1.82) is 0 Å². The van der Waals surface area contributed by atoms with Crippen LogP contribution in [0.25, 0.3) is 22.3 Å². The molecular weight excluding hydrogens is 417 g/mol. The van der Waals surface area contributed by atoms with Gasteiger partial charge >= 0.3 is 0 Å². The van der Waals surface area contributed by atoms with Gasteiger partial charge in [-0.15, -0.1) is 0 Å². The number of ketones is 1. The zero-order valence-electron chi connectivity index (χ0n) is 19.0. The van der Waals surface area contributed by atoms with Crippen molar-refractivity contribution in [2.24, 2.45) is 0 Å². The number of halogens is 1. The Morgan fingerprint density at radius 1 is 0.939 bits per heavy atom. The number of hydrogen-bond donors (Lipinski definition) is 0. The molecule has 1 aromatic heterocycles. The van der Waals surface area contributed by atoms with E-state index in [1.807, 2.05) is 18.2 Å². The van der Waals surface area contributed by atoms with Gasteiger partial charge in [0.05, 0.1) is 17.7 Å². The average Bonchev–Trinajstić information content (AvgIpc) is 3.23. The molecule has 33 heavy (non-hydrogen) atoms. The summed E-state index contributed by atoms with van der Waals surface area (Å²) >= 11 is 0. The van der Waals surface area contributed by atoms with E-state index in [2.05, 4.69) is 18.7 Å². The van der Waals surface area contributed by atoms with Crippen LogP contribution in [-0.2, 0) is 0 Å². The molecule has 4 aromatic rings. The van der Waals surface area contributed by atoms with Gasteiger partial charge in [0.25, 0.3) is 0 Å². The molecule has 0 amide bonds. The molecule has 0 N–H and O–H groups in total. The van der Waals surface area contributed by atoms with Crippen molar-refractivity contribution in [3.8, 4) is 17.1 Å². The second-order valence-electron chi connectivity index (χ2n) is 7.86. The molecule has 1 heterocycles. The minimum atomic E-state index is -0.431. The summed E-state index contributed by atoms with van der Waals surface area (Å²) < 4.78 is 26.3. The zero-order chi connectivity index (χ0) is 23.2. The summed E-state index contributed by atoms with van der Waals surface area (Å²) in [4.78, 5) is 15.9. The van der Waals surface area contributed by atoms with Crippen molar-refractivity contribution >= 4 is 16.8 Å². The smallest absolute Gasteiger partial charge is 0.197 e. The molecule has 0 aliphatic rings. The molecule has 0 spiro atoms. The van der Waals surface area contributed by atoms with Crippen LogP contribution in [0, 0.1) is 5.82 Å². The zero-order valence-corrected chi connectivity index (χ0v) is 19.0. The van der Waals surface area contributed by atoms with Crippen molar-refractivity contribution in [1.82, 2.24) is 4.90 Å². The van der Waals surface area contributed by atoms with Gasteiger partial charge < -0.3 is 14.1 Å². The summed E-state index contributed by atoms with van der Waals surface area (Å²) in [7, 11) is 0. The number of para-hydroxylation sites is 1. The monoisotopic (exact) mass is 445 g/mol. The summed E-state index contributed by atoms with van der Waals surface area (Å²) in [6.07, 6.45) is 0.940. The fourth-order valence-corrected chi connectivity index (χ4v) is 3.97. The SMILES string of the molecule is CCN(CC)CCCOc1ccc(C(=O)c2c(-c3ccccc3F)oc3ccccc23)cc1. The fourth-order valence-electron chi connectivity index (χ4n) is 3.97. The van der Waals surface area contributed by atoms with E-state index in [1.165, 1.54) is 6.07 Å². The Balaban J connectivity index is 1.57. The van der Waals surface area contributed by atoms with Crippen LogP contribution in [-0.4, -0.2) is 36.9 Å². The summed E-state index contributed by atoms with van der Waals surface area (Å²) in [5.74, 6) is 0.318. The number of rotatable bonds is 10. The first-order valence-corrected chi connectivity index (χ1v) is 11.4. The lowest BCUT2D eigenvalue weighted by Crippen LogP contribution is -2.25. The maximum atomic E-state index is 14.6. The average molecular weight is 446 g/mol. The normalized spacial score (nSPS) is 11.3. The molecule has 170 valence electrons. The van der Waals surface area contributed by atoms with Gasteiger partial charge in [-0.05, 0) is 62.0 Å². The van der Waals surface area contributed by atoms with Crippen molar-refractivity contribution in [2.45, 2.75) is 20.3 Å². The molecule has 4 rings (SSSR count). The topological polar surface area (TPSA) is 42.7 Å². The fraction of sp³-hybridized carbons (Fsp3) is 0.250. The number of hydrogen-bond acceptors (Lipinski definition) is 4. The van der Waals surface area contributed by atoms with Crippen molar-refractivity contribution in [2.75, 3.05) is 26.2 Å². The van der Waals surface area contributed by atoms with Gasteiger partial charge in [-0.2, -0.15) is 0 Å². The molecule has 0 saturated carbocycles. The lowest BCUT2D eigenvalue weighted by molar-refractivity contribution is 0.104. The van der Waals surface area contributed by atoms with Crippen LogP contribution in [0.4, 0.5) is 4.39 Å². The Morgan fingerprint density at radius 3 is 2.36 bits per heavy atom. The second-order valence-corrected chi connectivity index (χ2v) is 7.86. The van der Waals surface area contributed by atoms with Crippen molar-refractivity contribution < 1.29 is 18.3 Å². The van der Waals surface area contributed by atoms with Crippen LogP contribution in [0.5, 0.6) is 5.75 Å². The Hall–Kier alpha value is -3.44. The van der Waals surface area contributed by atoms with E-state index in [-0.39, 0.29) is 17.1 Å². The van der Waals surface area contributed by atoms with E-state index < -0.39 is 5.82 Å². The highest BCUT2D eigenvalue weighted by Crippen LogP contribution is 2.36. The summed E-state index contributed by atoms with van der Waals surface area (Å²) in [5.41, 5.74) is 1.68. The number of nitrogens with zero attached hydrogens (tertiary/aromatic N) is 1. The summed E-state index contributed by atoms with van der Waals surface area (Å²) in [5, 5.41) is 0.664. The van der Waals surface area contributed by atoms with Gasteiger partial charge in [0, 0.05) is 17.5 Å². The van der Waals surface area contributed by atoms with Gasteiger partial charge in [0.1, 0.15) is 22.9 Å². The maximum Gasteiger partial charge on any atom is 0.197 e. The molecule has 4 nitrogen and oxygen atoms in total. The number of carbonyl (C=O) groups is 1. The summed E-state index contributed by atoms with van der Waals surface area (Å²) in [6.45, 7) is 7.99. The quantitative estimate of drug-likeness (QED) is 0.204. The third kappa shape index (κ3) is 4.99. The molecule has 0 saturated heterocycles. The standard InChI is InChI=1S/C28H28FNO3/c1-3-30(4-2)18-9-19-32-21-16-14-20(15-17-21)27(31)26-23-11-6-8-13-25(23)33-28(26)22-10-5-7-12-24(22)29/h5-8,10-17H,3-4,9,18-19H2,1-2H3. The highest BCUT2D eigenvalue weighted by molar-refractivity contribution is 6.19. The molecule has 0 aliphatic carbocycles. The molecule has 0 unspecified atom stereocenters. The Morgan fingerprint density at radius 2 is 1.64 bits per heavy atom. The lowest BCUT2D eigenvalue weighted by Gasteiger charge is -2.17. The third-order valence-electron chi connectivity index (χ3n) is 5.84. The second kappa shape index (κ2) is 10.5. The van der Waals surface area contributed by atoms with Crippen LogP contribution in [0.1, 0.15) is 36.2 Å². The first kappa shape index (κ1) is 22.7. The van der Waals surface area contributed by atoms with Crippen molar-refractivity contribution in [3.05, 3.63) is 89.7 Å². The molecule has 0 aliphatic heterocycles. The Kier molecular flexibility index (Phi) is 7.20.